The van der Waals surface area contributed by atoms with Crippen molar-refractivity contribution in [2.24, 2.45) is 0 Å². The largest absolute Gasteiger partial charge is 0.494 e. The molecule has 0 aliphatic rings. The van der Waals surface area contributed by atoms with Gasteiger partial charge in [0.25, 0.3) is 0 Å². The van der Waals surface area contributed by atoms with E-state index in [-0.39, 0.29) is 0 Å². The number of nitrogens with one attached hydrogen (secondary N) is 1. The SMILES string of the molecule is Cc1ccc(OCCNCCCOc2ccc(C)c(C)c2)cc1. The first-order chi connectivity index (χ1) is 11.1. The Balaban J connectivity index is 1.51. The Morgan fingerprint density at radius 1 is 0.739 bits per heavy atom. The molecule has 0 heterocycles. The van der Waals surface area contributed by atoms with Crippen molar-refractivity contribution in [3.05, 3.63) is 59.2 Å². The van der Waals surface area contributed by atoms with Crippen LogP contribution in [-0.2, 0) is 0 Å². The predicted octanol–water partition coefficient (Wildman–Crippen LogP) is 4.05. The van der Waals surface area contributed by atoms with Gasteiger partial charge in [-0.25, -0.2) is 0 Å². The van der Waals surface area contributed by atoms with Crippen LogP contribution in [0.15, 0.2) is 42.5 Å². The molecule has 0 saturated carbocycles. The van der Waals surface area contributed by atoms with Gasteiger partial charge in [-0.3, -0.25) is 0 Å². The molecule has 0 fully saturated rings. The first kappa shape index (κ1) is 17.4. The van der Waals surface area contributed by atoms with Crippen LogP contribution in [0.4, 0.5) is 0 Å². The van der Waals surface area contributed by atoms with E-state index in [4.69, 9.17) is 9.47 Å². The molecule has 23 heavy (non-hydrogen) atoms. The normalized spacial score (nSPS) is 10.6. The summed E-state index contributed by atoms with van der Waals surface area (Å²) < 4.78 is 11.4. The molecule has 0 spiro atoms. The molecule has 0 aromatic heterocycles. The van der Waals surface area contributed by atoms with Crippen LogP contribution in [-0.4, -0.2) is 26.3 Å². The highest BCUT2D eigenvalue weighted by atomic mass is 16.5. The van der Waals surface area contributed by atoms with Crippen LogP contribution in [0.25, 0.3) is 0 Å². The summed E-state index contributed by atoms with van der Waals surface area (Å²) in [7, 11) is 0. The maximum absolute atomic E-state index is 5.76. The number of ether oxygens (including phenoxy) is 2. The highest BCUT2D eigenvalue weighted by molar-refractivity contribution is 5.33. The molecular weight excluding hydrogens is 286 g/mol. The van der Waals surface area contributed by atoms with E-state index in [1.807, 2.05) is 18.2 Å². The van der Waals surface area contributed by atoms with Gasteiger partial charge in [-0.05, 0) is 69.1 Å². The Hall–Kier alpha value is -2.00. The monoisotopic (exact) mass is 313 g/mol. The second kappa shape index (κ2) is 9.21. The van der Waals surface area contributed by atoms with Gasteiger partial charge in [0.05, 0.1) is 6.61 Å². The summed E-state index contributed by atoms with van der Waals surface area (Å²) in [5.41, 5.74) is 3.82. The molecule has 124 valence electrons. The number of hydrogen-bond acceptors (Lipinski definition) is 3. The van der Waals surface area contributed by atoms with Crippen LogP contribution in [0.1, 0.15) is 23.1 Å². The zero-order valence-electron chi connectivity index (χ0n) is 14.4. The minimum absolute atomic E-state index is 0.682. The van der Waals surface area contributed by atoms with Crippen molar-refractivity contribution in [3.8, 4) is 11.5 Å². The van der Waals surface area contributed by atoms with Crippen molar-refractivity contribution >= 4 is 0 Å². The summed E-state index contributed by atoms with van der Waals surface area (Å²) >= 11 is 0. The van der Waals surface area contributed by atoms with Gasteiger partial charge in [0.2, 0.25) is 0 Å². The van der Waals surface area contributed by atoms with E-state index in [1.165, 1.54) is 16.7 Å². The molecule has 0 radical (unpaired) electrons. The first-order valence-electron chi connectivity index (χ1n) is 8.25. The molecule has 3 nitrogen and oxygen atoms in total. The van der Waals surface area contributed by atoms with E-state index in [9.17, 15) is 0 Å². The minimum atomic E-state index is 0.682. The highest BCUT2D eigenvalue weighted by Crippen LogP contribution is 2.16. The molecule has 2 rings (SSSR count). The average molecular weight is 313 g/mol. The third kappa shape index (κ3) is 6.33. The van der Waals surface area contributed by atoms with Gasteiger partial charge in [-0.2, -0.15) is 0 Å². The zero-order valence-corrected chi connectivity index (χ0v) is 14.4. The van der Waals surface area contributed by atoms with Crippen molar-refractivity contribution in [1.29, 1.82) is 0 Å². The molecule has 0 aliphatic heterocycles. The minimum Gasteiger partial charge on any atom is -0.494 e. The lowest BCUT2D eigenvalue weighted by Crippen LogP contribution is -2.23. The Morgan fingerprint density at radius 2 is 1.43 bits per heavy atom. The number of benzene rings is 2. The molecular formula is C20H27NO2. The van der Waals surface area contributed by atoms with Gasteiger partial charge in [0.1, 0.15) is 18.1 Å². The fourth-order valence-electron chi connectivity index (χ4n) is 2.19. The van der Waals surface area contributed by atoms with E-state index < -0.39 is 0 Å². The van der Waals surface area contributed by atoms with E-state index in [0.717, 1.165) is 37.6 Å². The van der Waals surface area contributed by atoms with Crippen molar-refractivity contribution in [2.45, 2.75) is 27.2 Å². The van der Waals surface area contributed by atoms with E-state index >= 15 is 0 Å². The fourth-order valence-corrected chi connectivity index (χ4v) is 2.19. The van der Waals surface area contributed by atoms with Gasteiger partial charge in [-0.15, -0.1) is 0 Å². The maximum atomic E-state index is 5.76. The molecule has 0 saturated heterocycles. The standard InChI is InChI=1S/C20H27NO2/c1-16-5-8-19(9-6-16)23-14-12-21-11-4-13-22-20-10-7-17(2)18(3)15-20/h5-10,15,21H,4,11-14H2,1-3H3. The van der Waals surface area contributed by atoms with Crippen LogP contribution in [0.3, 0.4) is 0 Å². The summed E-state index contributed by atoms with van der Waals surface area (Å²) in [5.74, 6) is 1.88. The molecule has 2 aromatic carbocycles. The molecule has 0 atom stereocenters. The predicted molar refractivity (Wildman–Crippen MR) is 95.6 cm³/mol. The Kier molecular flexibility index (Phi) is 6.95. The van der Waals surface area contributed by atoms with E-state index in [1.54, 1.807) is 0 Å². The summed E-state index contributed by atoms with van der Waals surface area (Å²) in [6, 6.07) is 14.4. The van der Waals surface area contributed by atoms with E-state index in [2.05, 4.69) is 50.4 Å². The summed E-state index contributed by atoms with van der Waals surface area (Å²) in [5, 5.41) is 3.37. The molecule has 1 N–H and O–H groups in total. The molecule has 0 amide bonds. The summed E-state index contributed by atoms with van der Waals surface area (Å²) in [6.07, 6.45) is 0.984. The van der Waals surface area contributed by atoms with Crippen LogP contribution in [0, 0.1) is 20.8 Å². The fraction of sp³-hybridized carbons (Fsp3) is 0.400. The lowest BCUT2D eigenvalue weighted by atomic mass is 10.1. The quantitative estimate of drug-likeness (QED) is 0.709. The van der Waals surface area contributed by atoms with Gasteiger partial charge in [0.15, 0.2) is 0 Å². The van der Waals surface area contributed by atoms with Gasteiger partial charge in [-0.1, -0.05) is 23.8 Å². The smallest absolute Gasteiger partial charge is 0.119 e. The Bertz CT molecular complexity index is 593. The third-order valence-corrected chi connectivity index (χ3v) is 3.81. The zero-order chi connectivity index (χ0) is 16.5. The lowest BCUT2D eigenvalue weighted by Gasteiger charge is -2.10. The van der Waals surface area contributed by atoms with Gasteiger partial charge in [0, 0.05) is 6.54 Å². The number of aryl methyl sites for hydroxylation is 3. The molecule has 0 unspecified atom stereocenters. The van der Waals surface area contributed by atoms with Gasteiger partial charge < -0.3 is 14.8 Å². The Labute approximate surface area is 139 Å². The first-order valence-corrected chi connectivity index (χ1v) is 8.25. The van der Waals surface area contributed by atoms with Crippen molar-refractivity contribution in [3.63, 3.8) is 0 Å². The summed E-state index contributed by atoms with van der Waals surface area (Å²) in [6.45, 7) is 9.49. The number of hydrogen-bond donors (Lipinski definition) is 1. The molecule has 0 bridgehead atoms. The number of rotatable bonds is 9. The van der Waals surface area contributed by atoms with Crippen molar-refractivity contribution in [1.82, 2.24) is 5.32 Å². The van der Waals surface area contributed by atoms with Crippen LogP contribution < -0.4 is 14.8 Å². The second-order valence-corrected chi connectivity index (χ2v) is 5.86. The van der Waals surface area contributed by atoms with Crippen molar-refractivity contribution in [2.75, 3.05) is 26.3 Å². The van der Waals surface area contributed by atoms with Crippen LogP contribution in [0.2, 0.25) is 0 Å². The van der Waals surface area contributed by atoms with Crippen LogP contribution in [0.5, 0.6) is 11.5 Å². The van der Waals surface area contributed by atoms with E-state index in [0.29, 0.717) is 6.61 Å². The van der Waals surface area contributed by atoms with Crippen molar-refractivity contribution < 1.29 is 9.47 Å². The highest BCUT2D eigenvalue weighted by Gasteiger charge is 1.97. The molecule has 2 aromatic rings. The molecule has 3 heteroatoms. The maximum Gasteiger partial charge on any atom is 0.119 e. The average Bonchev–Trinajstić information content (AvgIpc) is 2.55. The third-order valence-electron chi connectivity index (χ3n) is 3.81. The van der Waals surface area contributed by atoms with Gasteiger partial charge >= 0.3 is 0 Å². The topological polar surface area (TPSA) is 30.5 Å². The summed E-state index contributed by atoms with van der Waals surface area (Å²) in [4.78, 5) is 0. The Morgan fingerprint density at radius 3 is 2.17 bits per heavy atom. The molecule has 0 aliphatic carbocycles. The second-order valence-electron chi connectivity index (χ2n) is 5.86. The van der Waals surface area contributed by atoms with Crippen LogP contribution >= 0.6 is 0 Å². The lowest BCUT2D eigenvalue weighted by molar-refractivity contribution is 0.294.